The molecule has 8 heteroatoms. The molecule has 1 amide bonds. The number of benzene rings is 1. The van der Waals surface area contributed by atoms with Crippen molar-refractivity contribution in [2.45, 2.75) is 13.8 Å². The number of aromatic nitrogens is 4. The molecule has 0 unspecified atom stereocenters. The van der Waals surface area contributed by atoms with E-state index in [0.29, 0.717) is 27.8 Å². The van der Waals surface area contributed by atoms with Gasteiger partial charge in [0.15, 0.2) is 5.82 Å². The molecule has 0 radical (unpaired) electrons. The minimum Gasteiger partial charge on any atom is -0.322 e. The zero-order valence-corrected chi connectivity index (χ0v) is 13.8. The van der Waals surface area contributed by atoms with E-state index >= 15 is 0 Å². The lowest BCUT2D eigenvalue weighted by Gasteiger charge is -2.09. The topological polar surface area (TPSA) is 92.7 Å². The van der Waals surface area contributed by atoms with Gasteiger partial charge in [-0.2, -0.15) is 10.2 Å². The first-order valence-corrected chi connectivity index (χ1v) is 7.52. The second kappa shape index (κ2) is 6.29. The lowest BCUT2D eigenvalue weighted by atomic mass is 10.2. The highest BCUT2D eigenvalue weighted by molar-refractivity contribution is 6.31. The van der Waals surface area contributed by atoms with Crippen molar-refractivity contribution in [3.8, 4) is 5.82 Å². The Balaban J connectivity index is 1.90. The summed E-state index contributed by atoms with van der Waals surface area (Å²) in [5.74, 6) is 0.124. The molecule has 0 aliphatic rings. The summed E-state index contributed by atoms with van der Waals surface area (Å²) in [6.07, 6.45) is 1.46. The number of aromatic amines is 1. The molecule has 3 rings (SSSR count). The summed E-state index contributed by atoms with van der Waals surface area (Å²) in [6.45, 7) is 3.63. The van der Waals surface area contributed by atoms with Gasteiger partial charge in [-0.15, -0.1) is 0 Å². The molecule has 0 atom stereocenters. The number of anilines is 1. The number of nitrogens with one attached hydrogen (secondary N) is 2. The van der Waals surface area contributed by atoms with Crippen molar-refractivity contribution in [1.29, 1.82) is 0 Å². The summed E-state index contributed by atoms with van der Waals surface area (Å²) in [5.41, 5.74) is 2.24. The third-order valence-corrected chi connectivity index (χ3v) is 3.82. The molecule has 2 heterocycles. The lowest BCUT2D eigenvalue weighted by Crippen LogP contribution is -2.15. The van der Waals surface area contributed by atoms with Crippen LogP contribution in [0.25, 0.3) is 5.82 Å². The highest BCUT2D eigenvalue weighted by Crippen LogP contribution is 2.21. The van der Waals surface area contributed by atoms with Crippen molar-refractivity contribution in [2.24, 2.45) is 0 Å². The Labute approximate surface area is 142 Å². The lowest BCUT2D eigenvalue weighted by molar-refractivity contribution is 0.102. The summed E-state index contributed by atoms with van der Waals surface area (Å²) in [7, 11) is 0. The molecule has 0 aliphatic carbocycles. The van der Waals surface area contributed by atoms with Gasteiger partial charge in [0.1, 0.15) is 0 Å². The number of rotatable bonds is 3. The molecule has 1 aromatic carbocycles. The molecule has 0 aliphatic heterocycles. The Hall–Kier alpha value is -2.93. The van der Waals surface area contributed by atoms with Crippen molar-refractivity contribution in [2.75, 3.05) is 5.32 Å². The van der Waals surface area contributed by atoms with Gasteiger partial charge in [0, 0.05) is 16.8 Å². The number of halogens is 1. The maximum atomic E-state index is 12.5. The van der Waals surface area contributed by atoms with Gasteiger partial charge in [-0.25, -0.2) is 9.78 Å². The Morgan fingerprint density at radius 1 is 1.25 bits per heavy atom. The van der Waals surface area contributed by atoms with Gasteiger partial charge in [0.2, 0.25) is 0 Å². The van der Waals surface area contributed by atoms with E-state index in [1.807, 2.05) is 13.0 Å². The van der Waals surface area contributed by atoms with Crippen LogP contribution in [-0.2, 0) is 0 Å². The third kappa shape index (κ3) is 3.07. The molecule has 2 aromatic heterocycles. The number of hydrogen-bond donors (Lipinski definition) is 2. The predicted molar refractivity (Wildman–Crippen MR) is 90.9 cm³/mol. The highest BCUT2D eigenvalue weighted by atomic mass is 35.5. The molecule has 0 bridgehead atoms. The first-order chi connectivity index (χ1) is 11.5. The Kier molecular flexibility index (Phi) is 4.18. The maximum absolute atomic E-state index is 12.5. The van der Waals surface area contributed by atoms with Gasteiger partial charge in [0.25, 0.3) is 11.5 Å². The molecular weight excluding hydrogens is 330 g/mol. The minimum atomic E-state index is -0.307. The van der Waals surface area contributed by atoms with E-state index in [4.69, 9.17) is 11.6 Å². The van der Waals surface area contributed by atoms with Gasteiger partial charge >= 0.3 is 0 Å². The third-order valence-electron chi connectivity index (χ3n) is 3.58. The number of nitrogens with zero attached hydrogens (tertiary/aromatic N) is 3. The van der Waals surface area contributed by atoms with Crippen LogP contribution < -0.4 is 10.9 Å². The predicted octanol–water partition coefficient (Wildman–Crippen LogP) is 2.48. The van der Waals surface area contributed by atoms with E-state index in [1.54, 1.807) is 19.1 Å². The van der Waals surface area contributed by atoms with Crippen molar-refractivity contribution in [1.82, 2.24) is 20.0 Å². The van der Waals surface area contributed by atoms with Crippen molar-refractivity contribution in [3.63, 3.8) is 0 Å². The van der Waals surface area contributed by atoms with Crippen molar-refractivity contribution >= 4 is 23.2 Å². The van der Waals surface area contributed by atoms with Gasteiger partial charge < -0.3 is 5.32 Å². The average Bonchev–Trinajstić information content (AvgIpc) is 2.93. The summed E-state index contributed by atoms with van der Waals surface area (Å²) < 4.78 is 1.48. The van der Waals surface area contributed by atoms with Crippen molar-refractivity contribution < 1.29 is 4.79 Å². The van der Waals surface area contributed by atoms with Crippen LogP contribution in [0.3, 0.4) is 0 Å². The van der Waals surface area contributed by atoms with Crippen LogP contribution >= 0.6 is 11.6 Å². The van der Waals surface area contributed by atoms with Crippen LogP contribution in [0.1, 0.15) is 21.6 Å². The molecule has 0 spiro atoms. The number of aryl methyl sites for hydroxylation is 1. The molecule has 0 fully saturated rings. The average molecular weight is 344 g/mol. The molecular formula is C16H14ClN5O2. The number of carbonyl (C=O) groups is 1. The summed E-state index contributed by atoms with van der Waals surface area (Å²) >= 11 is 5.97. The molecule has 122 valence electrons. The van der Waals surface area contributed by atoms with Gasteiger partial charge in [-0.05, 0) is 37.6 Å². The quantitative estimate of drug-likeness (QED) is 0.764. The number of H-pyrrole nitrogens is 1. The molecule has 2 N–H and O–H groups in total. The van der Waals surface area contributed by atoms with Crippen LogP contribution in [0.15, 0.2) is 41.3 Å². The Bertz CT molecular complexity index is 956. The zero-order valence-electron chi connectivity index (χ0n) is 13.0. The Morgan fingerprint density at radius 3 is 2.75 bits per heavy atom. The number of amides is 1. The van der Waals surface area contributed by atoms with Crippen LogP contribution in [0, 0.1) is 13.8 Å². The van der Waals surface area contributed by atoms with Crippen LogP contribution in [-0.4, -0.2) is 25.9 Å². The summed E-state index contributed by atoms with van der Waals surface area (Å²) in [6, 6.07) is 8.16. The van der Waals surface area contributed by atoms with Gasteiger partial charge in [0.05, 0.1) is 17.5 Å². The smallest absolute Gasteiger partial charge is 0.264 e. The van der Waals surface area contributed by atoms with E-state index < -0.39 is 0 Å². The number of carbonyl (C=O) groups excluding carboxylic acids is 1. The van der Waals surface area contributed by atoms with Gasteiger partial charge in [-0.3, -0.25) is 9.59 Å². The normalized spacial score (nSPS) is 10.6. The second-order valence-corrected chi connectivity index (χ2v) is 5.68. The fraction of sp³-hybridized carbons (Fsp3) is 0.125. The fourth-order valence-electron chi connectivity index (χ4n) is 2.24. The van der Waals surface area contributed by atoms with E-state index in [-0.39, 0.29) is 11.5 Å². The molecule has 0 saturated heterocycles. The Morgan fingerprint density at radius 2 is 2.04 bits per heavy atom. The maximum Gasteiger partial charge on any atom is 0.264 e. The first-order valence-electron chi connectivity index (χ1n) is 7.14. The number of hydrogen-bond acceptors (Lipinski definition) is 4. The summed E-state index contributed by atoms with van der Waals surface area (Å²) in [4.78, 5) is 23.6. The van der Waals surface area contributed by atoms with E-state index in [0.717, 1.165) is 5.56 Å². The van der Waals surface area contributed by atoms with Crippen molar-refractivity contribution in [3.05, 3.63) is 68.7 Å². The standard InChI is InChI=1S/C16H14ClN5O2/c1-9-3-4-11(17)7-13(9)19-16(24)12-8-18-22(10(12)2)14-5-6-15(23)21-20-14/h3-8H,1-2H3,(H,19,24)(H,21,23). The monoisotopic (exact) mass is 343 g/mol. The molecule has 3 aromatic rings. The van der Waals surface area contributed by atoms with E-state index in [2.05, 4.69) is 20.6 Å². The minimum absolute atomic E-state index is 0.298. The SMILES string of the molecule is Cc1ccc(Cl)cc1NC(=O)c1cnn(-c2ccc(=O)[nH]n2)c1C. The summed E-state index contributed by atoms with van der Waals surface area (Å²) in [5, 5.41) is 13.8. The molecule has 0 saturated carbocycles. The van der Waals surface area contributed by atoms with E-state index in [9.17, 15) is 9.59 Å². The van der Waals surface area contributed by atoms with Crippen LogP contribution in [0.4, 0.5) is 5.69 Å². The van der Waals surface area contributed by atoms with Gasteiger partial charge in [-0.1, -0.05) is 17.7 Å². The zero-order chi connectivity index (χ0) is 17.3. The second-order valence-electron chi connectivity index (χ2n) is 5.25. The van der Waals surface area contributed by atoms with E-state index in [1.165, 1.54) is 23.0 Å². The largest absolute Gasteiger partial charge is 0.322 e. The molecule has 7 nitrogen and oxygen atoms in total. The first kappa shape index (κ1) is 15.9. The van der Waals surface area contributed by atoms with Crippen LogP contribution in [0.2, 0.25) is 5.02 Å². The van der Waals surface area contributed by atoms with Crippen LogP contribution in [0.5, 0.6) is 0 Å². The highest BCUT2D eigenvalue weighted by Gasteiger charge is 2.16. The fourth-order valence-corrected chi connectivity index (χ4v) is 2.41. The molecule has 24 heavy (non-hydrogen) atoms.